The number of carbonyl (C=O) groups is 1. The molecule has 2 heterocycles. The standard InChI is InChI=1S/C28H39N3O2/c1-33-27-13-7-12-25(23-27)28(32)31(22-21-29-16-5-6-17-29)26-14-19-30(20-15-26)18-8-11-24-9-3-2-4-10-24/h2-4,7,9-10,12-13,23,26H,5-6,8,11,14-22H2,1H3. The van der Waals surface area contributed by atoms with Gasteiger partial charge in [-0.1, -0.05) is 36.4 Å². The highest BCUT2D eigenvalue weighted by atomic mass is 16.5. The molecule has 0 radical (unpaired) electrons. The summed E-state index contributed by atoms with van der Waals surface area (Å²) in [6, 6.07) is 18.7. The number of hydrogen-bond acceptors (Lipinski definition) is 4. The normalized spacial score (nSPS) is 17.8. The van der Waals surface area contributed by atoms with E-state index in [1.807, 2.05) is 24.3 Å². The van der Waals surface area contributed by atoms with Crippen molar-refractivity contribution in [3.8, 4) is 5.75 Å². The van der Waals surface area contributed by atoms with E-state index in [1.54, 1.807) is 7.11 Å². The summed E-state index contributed by atoms with van der Waals surface area (Å²) in [5.74, 6) is 0.893. The van der Waals surface area contributed by atoms with E-state index in [4.69, 9.17) is 4.74 Å². The highest BCUT2D eigenvalue weighted by Gasteiger charge is 2.29. The van der Waals surface area contributed by atoms with Crippen molar-refractivity contribution in [1.82, 2.24) is 14.7 Å². The van der Waals surface area contributed by atoms with E-state index in [9.17, 15) is 4.79 Å². The summed E-state index contributed by atoms with van der Waals surface area (Å²) in [5, 5.41) is 0. The molecule has 5 heteroatoms. The number of rotatable bonds is 10. The van der Waals surface area contributed by atoms with Crippen molar-refractivity contribution < 1.29 is 9.53 Å². The fraction of sp³-hybridized carbons (Fsp3) is 0.536. The Balaban J connectivity index is 1.33. The molecule has 2 fully saturated rings. The topological polar surface area (TPSA) is 36.0 Å². The number of benzene rings is 2. The summed E-state index contributed by atoms with van der Waals surface area (Å²) in [4.78, 5) is 20.8. The summed E-state index contributed by atoms with van der Waals surface area (Å²) >= 11 is 0. The highest BCUT2D eigenvalue weighted by Crippen LogP contribution is 2.22. The van der Waals surface area contributed by atoms with Crippen LogP contribution in [-0.4, -0.2) is 79.6 Å². The van der Waals surface area contributed by atoms with Crippen molar-refractivity contribution in [3.05, 3.63) is 65.7 Å². The van der Waals surface area contributed by atoms with Gasteiger partial charge >= 0.3 is 0 Å². The van der Waals surface area contributed by atoms with Gasteiger partial charge in [0, 0.05) is 37.8 Å². The molecule has 0 unspecified atom stereocenters. The fourth-order valence-electron chi connectivity index (χ4n) is 5.23. The summed E-state index contributed by atoms with van der Waals surface area (Å²) in [5.41, 5.74) is 2.16. The van der Waals surface area contributed by atoms with Gasteiger partial charge in [0.25, 0.3) is 5.91 Å². The second-order valence-corrected chi connectivity index (χ2v) is 9.44. The molecule has 2 saturated heterocycles. The molecule has 0 aromatic heterocycles. The highest BCUT2D eigenvalue weighted by molar-refractivity contribution is 5.94. The predicted molar refractivity (Wildman–Crippen MR) is 134 cm³/mol. The number of carbonyl (C=O) groups excluding carboxylic acids is 1. The second-order valence-electron chi connectivity index (χ2n) is 9.44. The lowest BCUT2D eigenvalue weighted by molar-refractivity contribution is 0.0547. The van der Waals surface area contributed by atoms with Crippen LogP contribution >= 0.6 is 0 Å². The Morgan fingerprint density at radius 2 is 1.67 bits per heavy atom. The summed E-state index contributed by atoms with van der Waals surface area (Å²) < 4.78 is 5.37. The molecule has 0 N–H and O–H groups in total. The monoisotopic (exact) mass is 449 g/mol. The first-order valence-corrected chi connectivity index (χ1v) is 12.7. The number of likely N-dealkylation sites (tertiary alicyclic amines) is 2. The van der Waals surface area contributed by atoms with Crippen molar-refractivity contribution in [2.24, 2.45) is 0 Å². The average Bonchev–Trinajstić information content (AvgIpc) is 3.39. The van der Waals surface area contributed by atoms with E-state index < -0.39 is 0 Å². The Kier molecular flexibility index (Phi) is 8.79. The third-order valence-electron chi connectivity index (χ3n) is 7.21. The largest absolute Gasteiger partial charge is 0.497 e. The van der Waals surface area contributed by atoms with Gasteiger partial charge < -0.3 is 19.4 Å². The number of nitrogens with zero attached hydrogens (tertiary/aromatic N) is 3. The molecule has 178 valence electrons. The van der Waals surface area contributed by atoms with Gasteiger partial charge in [-0.05, 0) is 81.9 Å². The quantitative estimate of drug-likeness (QED) is 0.541. The predicted octanol–water partition coefficient (Wildman–Crippen LogP) is 4.33. The van der Waals surface area contributed by atoms with E-state index in [0.29, 0.717) is 6.04 Å². The number of piperidine rings is 1. The molecule has 5 nitrogen and oxygen atoms in total. The number of methoxy groups -OCH3 is 1. The van der Waals surface area contributed by atoms with Crippen LogP contribution in [0.3, 0.4) is 0 Å². The minimum absolute atomic E-state index is 0.149. The third-order valence-corrected chi connectivity index (χ3v) is 7.21. The summed E-state index contributed by atoms with van der Waals surface area (Å²) in [7, 11) is 1.66. The zero-order valence-corrected chi connectivity index (χ0v) is 20.1. The Bertz CT molecular complexity index is 858. The van der Waals surface area contributed by atoms with Crippen LogP contribution in [0.2, 0.25) is 0 Å². The van der Waals surface area contributed by atoms with Gasteiger partial charge in [-0.15, -0.1) is 0 Å². The first kappa shape index (κ1) is 23.8. The maximum atomic E-state index is 13.6. The molecule has 2 aromatic rings. The zero-order chi connectivity index (χ0) is 22.9. The molecular weight excluding hydrogens is 410 g/mol. The second kappa shape index (κ2) is 12.2. The van der Waals surface area contributed by atoms with E-state index in [1.165, 1.54) is 37.9 Å². The van der Waals surface area contributed by atoms with Crippen LogP contribution in [0.4, 0.5) is 0 Å². The molecule has 2 aliphatic heterocycles. The Morgan fingerprint density at radius 1 is 0.939 bits per heavy atom. The van der Waals surface area contributed by atoms with Crippen molar-refractivity contribution in [2.45, 2.75) is 44.6 Å². The maximum Gasteiger partial charge on any atom is 0.254 e. The molecule has 0 spiro atoms. The lowest BCUT2D eigenvalue weighted by Gasteiger charge is -2.39. The molecule has 2 aromatic carbocycles. The maximum absolute atomic E-state index is 13.6. The van der Waals surface area contributed by atoms with Crippen LogP contribution in [0.1, 0.15) is 48.0 Å². The van der Waals surface area contributed by atoms with Crippen molar-refractivity contribution in [2.75, 3.05) is 52.9 Å². The van der Waals surface area contributed by atoms with Crippen LogP contribution in [0.15, 0.2) is 54.6 Å². The molecule has 0 atom stereocenters. The van der Waals surface area contributed by atoms with Crippen LogP contribution in [0, 0.1) is 0 Å². The third kappa shape index (κ3) is 6.81. The van der Waals surface area contributed by atoms with Crippen LogP contribution < -0.4 is 4.74 Å². The Labute approximate surface area is 199 Å². The van der Waals surface area contributed by atoms with Crippen LogP contribution in [0.5, 0.6) is 5.75 Å². The van der Waals surface area contributed by atoms with Crippen molar-refractivity contribution >= 4 is 5.91 Å². The van der Waals surface area contributed by atoms with Crippen molar-refractivity contribution in [1.29, 1.82) is 0 Å². The lowest BCUT2D eigenvalue weighted by Crippen LogP contribution is -2.49. The van der Waals surface area contributed by atoms with E-state index in [0.717, 1.165) is 63.3 Å². The van der Waals surface area contributed by atoms with E-state index >= 15 is 0 Å². The number of hydrogen-bond donors (Lipinski definition) is 0. The molecule has 1 amide bonds. The van der Waals surface area contributed by atoms with Crippen molar-refractivity contribution in [3.63, 3.8) is 0 Å². The van der Waals surface area contributed by atoms with Gasteiger partial charge in [-0.3, -0.25) is 4.79 Å². The minimum atomic E-state index is 0.149. The van der Waals surface area contributed by atoms with Gasteiger partial charge in [0.05, 0.1) is 7.11 Å². The van der Waals surface area contributed by atoms with Gasteiger partial charge in [-0.2, -0.15) is 0 Å². The molecule has 33 heavy (non-hydrogen) atoms. The molecule has 4 rings (SSSR count). The number of ether oxygens (including phenoxy) is 1. The number of amides is 1. The minimum Gasteiger partial charge on any atom is -0.497 e. The first-order valence-electron chi connectivity index (χ1n) is 12.7. The van der Waals surface area contributed by atoms with Gasteiger partial charge in [0.1, 0.15) is 5.75 Å². The molecular formula is C28H39N3O2. The van der Waals surface area contributed by atoms with Crippen LogP contribution in [-0.2, 0) is 6.42 Å². The molecule has 2 aliphatic rings. The van der Waals surface area contributed by atoms with E-state index in [-0.39, 0.29) is 5.91 Å². The zero-order valence-electron chi connectivity index (χ0n) is 20.1. The SMILES string of the molecule is COc1cccc(C(=O)N(CCN2CCCC2)C2CCN(CCCc3ccccc3)CC2)c1. The lowest BCUT2D eigenvalue weighted by atomic mass is 10.0. The van der Waals surface area contributed by atoms with E-state index in [2.05, 4.69) is 45.0 Å². The molecule has 0 aliphatic carbocycles. The molecule has 0 saturated carbocycles. The summed E-state index contributed by atoms with van der Waals surface area (Å²) in [6.45, 7) is 7.42. The van der Waals surface area contributed by atoms with Gasteiger partial charge in [0.15, 0.2) is 0 Å². The Morgan fingerprint density at radius 3 is 2.39 bits per heavy atom. The summed E-state index contributed by atoms with van der Waals surface area (Å²) in [6.07, 6.45) is 7.01. The molecule has 0 bridgehead atoms. The fourth-order valence-corrected chi connectivity index (χ4v) is 5.23. The number of aryl methyl sites for hydroxylation is 1. The first-order chi connectivity index (χ1) is 16.2. The Hall–Kier alpha value is -2.37. The van der Waals surface area contributed by atoms with Crippen LogP contribution in [0.25, 0.3) is 0 Å². The van der Waals surface area contributed by atoms with Gasteiger partial charge in [0.2, 0.25) is 0 Å². The average molecular weight is 450 g/mol. The van der Waals surface area contributed by atoms with Gasteiger partial charge in [-0.25, -0.2) is 0 Å². The smallest absolute Gasteiger partial charge is 0.254 e.